The molecule has 18 heavy (non-hydrogen) atoms. The topological polar surface area (TPSA) is 54.0 Å². The van der Waals surface area contributed by atoms with Crippen LogP contribution in [-0.2, 0) is 4.74 Å². The number of carbonyl (C=O) groups is 1. The maximum atomic E-state index is 12.0. The lowest BCUT2D eigenvalue weighted by Gasteiger charge is -2.13. The molecule has 0 amide bonds. The number of Topliss-reactive ketones (excluding diaryl/α,β-unsaturated/α-hetero) is 1. The lowest BCUT2D eigenvalue weighted by molar-refractivity contribution is 0.0929. The largest absolute Gasteiger partial charge is 0.496 e. The molecule has 0 saturated carbocycles. The van der Waals surface area contributed by atoms with E-state index in [-0.39, 0.29) is 5.78 Å². The first-order chi connectivity index (χ1) is 8.67. The molecule has 0 aliphatic carbocycles. The van der Waals surface area contributed by atoms with Gasteiger partial charge in [-0.2, -0.15) is 0 Å². The minimum atomic E-state index is -0.0605. The van der Waals surface area contributed by atoms with Crippen LogP contribution in [0.3, 0.4) is 0 Å². The minimum Gasteiger partial charge on any atom is -0.496 e. The van der Waals surface area contributed by atoms with Crippen molar-refractivity contribution in [1.82, 2.24) is 0 Å². The highest BCUT2D eigenvalue weighted by Crippen LogP contribution is 2.35. The molecule has 0 aliphatic heterocycles. The van der Waals surface area contributed by atoms with E-state index >= 15 is 0 Å². The van der Waals surface area contributed by atoms with Crippen LogP contribution in [0.25, 0.3) is 0 Å². The van der Waals surface area contributed by atoms with Crippen LogP contribution < -0.4 is 14.2 Å². The van der Waals surface area contributed by atoms with Crippen molar-refractivity contribution in [3.63, 3.8) is 0 Å². The number of ketones is 1. The summed E-state index contributed by atoms with van der Waals surface area (Å²) in [5.41, 5.74) is 0.465. The predicted octanol–water partition coefficient (Wildman–Crippen LogP) is 1.93. The molecule has 0 aromatic heterocycles. The van der Waals surface area contributed by atoms with Gasteiger partial charge in [0.25, 0.3) is 0 Å². The summed E-state index contributed by atoms with van der Waals surface area (Å²) < 4.78 is 20.4. The van der Waals surface area contributed by atoms with Gasteiger partial charge in [-0.05, 0) is 6.07 Å². The molecule has 100 valence electrons. The normalized spacial score (nSPS) is 10.0. The molecule has 1 aromatic rings. The van der Waals surface area contributed by atoms with E-state index in [1.54, 1.807) is 19.2 Å². The van der Waals surface area contributed by atoms with Crippen LogP contribution in [0.1, 0.15) is 16.8 Å². The molecule has 0 fully saturated rings. The molecule has 0 atom stereocenters. The van der Waals surface area contributed by atoms with Crippen LogP contribution in [0.15, 0.2) is 12.1 Å². The fourth-order valence-electron chi connectivity index (χ4n) is 1.58. The second-order valence-electron chi connectivity index (χ2n) is 3.57. The summed E-state index contributed by atoms with van der Waals surface area (Å²) in [4.78, 5) is 12.0. The summed E-state index contributed by atoms with van der Waals surface area (Å²) in [5, 5.41) is 0. The van der Waals surface area contributed by atoms with E-state index in [9.17, 15) is 4.79 Å². The zero-order valence-corrected chi connectivity index (χ0v) is 11.1. The highest BCUT2D eigenvalue weighted by atomic mass is 16.5. The molecular weight excluding hydrogens is 236 g/mol. The number of hydrogen-bond donors (Lipinski definition) is 0. The standard InChI is InChI=1S/C13H18O5/c1-15-6-5-10(14)9-7-12(17-3)13(18-4)8-11(9)16-2/h7-8H,5-6H2,1-4H3. The van der Waals surface area contributed by atoms with Gasteiger partial charge in [0.15, 0.2) is 17.3 Å². The Bertz CT molecular complexity index is 414. The van der Waals surface area contributed by atoms with Gasteiger partial charge in [0.2, 0.25) is 0 Å². The predicted molar refractivity (Wildman–Crippen MR) is 66.9 cm³/mol. The van der Waals surface area contributed by atoms with Crippen molar-refractivity contribution in [3.8, 4) is 17.2 Å². The Labute approximate surface area is 107 Å². The van der Waals surface area contributed by atoms with Gasteiger partial charge in [-0.15, -0.1) is 0 Å². The van der Waals surface area contributed by atoms with Crippen molar-refractivity contribution in [2.75, 3.05) is 35.0 Å². The Kier molecular flexibility index (Phi) is 5.45. The van der Waals surface area contributed by atoms with Crippen LogP contribution in [0, 0.1) is 0 Å². The Hall–Kier alpha value is -1.75. The molecular formula is C13H18O5. The summed E-state index contributed by atoms with van der Waals surface area (Å²) >= 11 is 0. The van der Waals surface area contributed by atoms with E-state index in [4.69, 9.17) is 18.9 Å². The number of rotatable bonds is 7. The Morgan fingerprint density at radius 3 is 2.00 bits per heavy atom. The maximum Gasteiger partial charge on any atom is 0.169 e. The van der Waals surface area contributed by atoms with Gasteiger partial charge in [-0.1, -0.05) is 0 Å². The zero-order valence-electron chi connectivity index (χ0n) is 11.1. The van der Waals surface area contributed by atoms with E-state index in [2.05, 4.69) is 0 Å². The molecule has 0 N–H and O–H groups in total. The highest BCUT2D eigenvalue weighted by molar-refractivity contribution is 5.99. The Morgan fingerprint density at radius 2 is 1.50 bits per heavy atom. The van der Waals surface area contributed by atoms with Crippen molar-refractivity contribution < 1.29 is 23.7 Å². The Balaban J connectivity index is 3.12. The molecule has 0 bridgehead atoms. The molecule has 1 aromatic carbocycles. The molecule has 0 spiro atoms. The number of methoxy groups -OCH3 is 4. The van der Waals surface area contributed by atoms with Gasteiger partial charge < -0.3 is 18.9 Å². The number of carbonyl (C=O) groups excluding carboxylic acids is 1. The van der Waals surface area contributed by atoms with Crippen molar-refractivity contribution in [3.05, 3.63) is 17.7 Å². The van der Waals surface area contributed by atoms with Crippen molar-refractivity contribution >= 4 is 5.78 Å². The molecule has 0 aliphatic rings. The SMILES string of the molecule is COCCC(=O)c1cc(OC)c(OC)cc1OC. The van der Waals surface area contributed by atoms with Crippen LogP contribution in [0.5, 0.6) is 17.2 Å². The fourth-order valence-corrected chi connectivity index (χ4v) is 1.58. The van der Waals surface area contributed by atoms with E-state index in [0.29, 0.717) is 35.8 Å². The van der Waals surface area contributed by atoms with Crippen molar-refractivity contribution in [2.45, 2.75) is 6.42 Å². The molecule has 0 radical (unpaired) electrons. The minimum absolute atomic E-state index is 0.0605. The summed E-state index contributed by atoms with van der Waals surface area (Å²) in [5.74, 6) is 1.43. The van der Waals surface area contributed by atoms with Gasteiger partial charge in [0, 0.05) is 19.6 Å². The zero-order chi connectivity index (χ0) is 13.5. The lowest BCUT2D eigenvalue weighted by atomic mass is 10.1. The molecule has 0 heterocycles. The van der Waals surface area contributed by atoms with E-state index in [0.717, 1.165) is 0 Å². The van der Waals surface area contributed by atoms with Crippen molar-refractivity contribution in [2.24, 2.45) is 0 Å². The first-order valence-electron chi connectivity index (χ1n) is 5.50. The van der Waals surface area contributed by atoms with Gasteiger partial charge in [0.05, 0.1) is 33.5 Å². The van der Waals surface area contributed by atoms with Gasteiger partial charge >= 0.3 is 0 Å². The highest BCUT2D eigenvalue weighted by Gasteiger charge is 2.17. The van der Waals surface area contributed by atoms with Crippen LogP contribution in [0.4, 0.5) is 0 Å². The third kappa shape index (κ3) is 3.13. The summed E-state index contributed by atoms with van der Waals surface area (Å²) in [6, 6.07) is 3.26. The Morgan fingerprint density at radius 1 is 0.944 bits per heavy atom. The first-order valence-corrected chi connectivity index (χ1v) is 5.50. The molecule has 5 heteroatoms. The number of benzene rings is 1. The monoisotopic (exact) mass is 254 g/mol. The molecule has 1 rings (SSSR count). The van der Waals surface area contributed by atoms with E-state index < -0.39 is 0 Å². The first kappa shape index (κ1) is 14.3. The summed E-state index contributed by atoms with van der Waals surface area (Å²) in [7, 11) is 6.12. The molecule has 0 saturated heterocycles. The van der Waals surface area contributed by atoms with Gasteiger partial charge in [0.1, 0.15) is 5.75 Å². The quantitative estimate of drug-likeness (QED) is 0.696. The lowest BCUT2D eigenvalue weighted by Crippen LogP contribution is -2.06. The van der Waals surface area contributed by atoms with Gasteiger partial charge in [-0.25, -0.2) is 0 Å². The van der Waals surface area contributed by atoms with E-state index in [1.807, 2.05) is 0 Å². The fraction of sp³-hybridized carbons (Fsp3) is 0.462. The smallest absolute Gasteiger partial charge is 0.169 e. The summed E-state index contributed by atoms with van der Waals surface area (Å²) in [6.45, 7) is 0.371. The third-order valence-electron chi connectivity index (χ3n) is 2.54. The second kappa shape index (κ2) is 6.86. The van der Waals surface area contributed by atoms with Crippen molar-refractivity contribution in [1.29, 1.82) is 0 Å². The van der Waals surface area contributed by atoms with Crippen LogP contribution in [0.2, 0.25) is 0 Å². The average molecular weight is 254 g/mol. The second-order valence-corrected chi connectivity index (χ2v) is 3.57. The average Bonchev–Trinajstić information content (AvgIpc) is 2.42. The number of hydrogen-bond acceptors (Lipinski definition) is 5. The molecule has 0 unspecified atom stereocenters. The molecule has 5 nitrogen and oxygen atoms in total. The van der Waals surface area contributed by atoms with E-state index in [1.165, 1.54) is 21.3 Å². The number of ether oxygens (including phenoxy) is 4. The maximum absolute atomic E-state index is 12.0. The summed E-state index contributed by atoms with van der Waals surface area (Å²) in [6.07, 6.45) is 0.294. The van der Waals surface area contributed by atoms with Gasteiger partial charge in [-0.3, -0.25) is 4.79 Å². The third-order valence-corrected chi connectivity index (χ3v) is 2.54. The van der Waals surface area contributed by atoms with Crippen LogP contribution >= 0.6 is 0 Å². The van der Waals surface area contributed by atoms with Crippen LogP contribution in [-0.4, -0.2) is 40.8 Å².